The van der Waals surface area contributed by atoms with Crippen LogP contribution in [-0.2, 0) is 4.79 Å². The summed E-state index contributed by atoms with van der Waals surface area (Å²) in [6.07, 6.45) is 16.4. The first kappa shape index (κ1) is 16.3. The van der Waals surface area contributed by atoms with Gasteiger partial charge in [-0.2, -0.15) is 0 Å². The highest BCUT2D eigenvalue weighted by atomic mass is 16.1. The third-order valence-electron chi connectivity index (χ3n) is 2.34. The Morgan fingerprint density at radius 1 is 1.00 bits per heavy atom. The molecule has 0 aliphatic heterocycles. The Morgan fingerprint density at radius 3 is 2.61 bits per heavy atom. The van der Waals surface area contributed by atoms with Crippen LogP contribution in [0.5, 0.6) is 0 Å². The second kappa shape index (κ2) is 15.3. The summed E-state index contributed by atoms with van der Waals surface area (Å²) >= 11 is 0. The Bertz CT molecular complexity index is 366. The molecule has 0 radical (unpaired) electrons. The number of carbonyl (C=O) groups excluding carboxylic acids is 1. The summed E-state index contributed by atoms with van der Waals surface area (Å²) in [7, 11) is 0. The van der Waals surface area contributed by atoms with Crippen LogP contribution in [0.3, 0.4) is 0 Å². The molecule has 1 heteroatoms. The highest BCUT2D eigenvalue weighted by Crippen LogP contribution is 2.05. The fourth-order valence-electron chi connectivity index (χ4n) is 1.39. The summed E-state index contributed by atoms with van der Waals surface area (Å²) in [5.74, 6) is 11.0. The minimum absolute atomic E-state index is 0.700. The molecule has 1 nitrogen and oxygen atoms in total. The standard InChI is InChI=1S/C17H22O/c1-2-3-4-5-6-7-8-9-10-11-12-13-14-15-16-17-18/h8-9,15-17H,2-7,10H2,1H3. The zero-order valence-electron chi connectivity index (χ0n) is 11.2. The smallest absolute Gasteiger partial charge is 0.143 e. The van der Waals surface area contributed by atoms with Gasteiger partial charge in [-0.25, -0.2) is 0 Å². The van der Waals surface area contributed by atoms with Crippen LogP contribution in [0.25, 0.3) is 0 Å². The van der Waals surface area contributed by atoms with Crippen LogP contribution >= 0.6 is 0 Å². The van der Waals surface area contributed by atoms with E-state index in [4.69, 9.17) is 0 Å². The van der Waals surface area contributed by atoms with E-state index in [1.165, 1.54) is 44.3 Å². The molecule has 0 aliphatic rings. The topological polar surface area (TPSA) is 17.1 Å². The summed E-state index contributed by atoms with van der Waals surface area (Å²) in [4.78, 5) is 9.92. The van der Waals surface area contributed by atoms with Crippen molar-refractivity contribution in [3.8, 4) is 23.7 Å². The zero-order chi connectivity index (χ0) is 13.3. The maximum absolute atomic E-state index is 9.92. The molecule has 96 valence electrons. The highest BCUT2D eigenvalue weighted by Gasteiger charge is 1.85. The summed E-state index contributed by atoms with van der Waals surface area (Å²) in [5, 5.41) is 0. The SMILES string of the molecule is CCCCCCCC=CCC#CC#CC=CC=O. The molecule has 0 bridgehead atoms. The van der Waals surface area contributed by atoms with Crippen LogP contribution in [0, 0.1) is 23.7 Å². The van der Waals surface area contributed by atoms with E-state index in [0.29, 0.717) is 6.29 Å². The van der Waals surface area contributed by atoms with E-state index in [0.717, 1.165) is 12.8 Å². The normalized spacial score (nSPS) is 9.83. The average molecular weight is 242 g/mol. The fourth-order valence-corrected chi connectivity index (χ4v) is 1.39. The van der Waals surface area contributed by atoms with Crippen LogP contribution in [-0.4, -0.2) is 6.29 Å². The van der Waals surface area contributed by atoms with Crippen molar-refractivity contribution in [1.29, 1.82) is 0 Å². The monoisotopic (exact) mass is 242 g/mol. The summed E-state index contributed by atoms with van der Waals surface area (Å²) in [6.45, 7) is 2.23. The molecule has 0 unspecified atom stereocenters. The van der Waals surface area contributed by atoms with E-state index in [1.807, 2.05) is 0 Å². The molecule has 0 aromatic rings. The molecule has 0 aromatic carbocycles. The van der Waals surface area contributed by atoms with E-state index >= 15 is 0 Å². The lowest BCUT2D eigenvalue weighted by Crippen LogP contribution is -1.75. The zero-order valence-corrected chi connectivity index (χ0v) is 11.2. The van der Waals surface area contributed by atoms with Gasteiger partial charge in [-0.05, 0) is 36.8 Å². The molecule has 18 heavy (non-hydrogen) atoms. The van der Waals surface area contributed by atoms with Crippen LogP contribution in [0.4, 0.5) is 0 Å². The van der Waals surface area contributed by atoms with E-state index in [-0.39, 0.29) is 0 Å². The highest BCUT2D eigenvalue weighted by molar-refractivity contribution is 5.65. The van der Waals surface area contributed by atoms with Gasteiger partial charge < -0.3 is 0 Å². The number of allylic oxidation sites excluding steroid dienone is 4. The van der Waals surface area contributed by atoms with E-state index in [2.05, 4.69) is 42.8 Å². The van der Waals surface area contributed by atoms with Gasteiger partial charge in [-0.1, -0.05) is 56.6 Å². The minimum Gasteiger partial charge on any atom is -0.299 e. The van der Waals surface area contributed by atoms with Gasteiger partial charge in [-0.3, -0.25) is 4.79 Å². The van der Waals surface area contributed by atoms with Gasteiger partial charge in [0.05, 0.1) is 0 Å². The maximum atomic E-state index is 9.92. The predicted molar refractivity (Wildman–Crippen MR) is 77.9 cm³/mol. The van der Waals surface area contributed by atoms with Crippen molar-refractivity contribution in [2.24, 2.45) is 0 Å². The van der Waals surface area contributed by atoms with Gasteiger partial charge in [0.2, 0.25) is 0 Å². The third kappa shape index (κ3) is 14.3. The molecule has 0 aromatic heterocycles. The second-order valence-electron chi connectivity index (χ2n) is 3.94. The first-order valence-electron chi connectivity index (χ1n) is 6.65. The van der Waals surface area contributed by atoms with Crippen LogP contribution in [0.2, 0.25) is 0 Å². The average Bonchev–Trinajstić information content (AvgIpc) is 2.39. The second-order valence-corrected chi connectivity index (χ2v) is 3.94. The Morgan fingerprint density at radius 2 is 1.83 bits per heavy atom. The Balaban J connectivity index is 3.47. The van der Waals surface area contributed by atoms with Crippen molar-refractivity contribution in [2.75, 3.05) is 0 Å². The van der Waals surface area contributed by atoms with Crippen molar-refractivity contribution in [3.63, 3.8) is 0 Å². The van der Waals surface area contributed by atoms with E-state index < -0.39 is 0 Å². The molecule has 0 saturated heterocycles. The van der Waals surface area contributed by atoms with E-state index in [1.54, 1.807) is 0 Å². The first-order chi connectivity index (χ1) is 8.91. The summed E-state index contributed by atoms with van der Waals surface area (Å²) in [6, 6.07) is 0. The molecule has 0 aliphatic carbocycles. The number of carbonyl (C=O) groups is 1. The first-order valence-corrected chi connectivity index (χ1v) is 6.65. The third-order valence-corrected chi connectivity index (χ3v) is 2.34. The Kier molecular flexibility index (Phi) is 13.8. The molecule has 0 N–H and O–H groups in total. The molecular weight excluding hydrogens is 220 g/mol. The van der Waals surface area contributed by atoms with Crippen molar-refractivity contribution in [1.82, 2.24) is 0 Å². The summed E-state index contributed by atoms with van der Waals surface area (Å²) < 4.78 is 0. The Hall–Kier alpha value is -1.73. The fraction of sp³-hybridized carbons (Fsp3) is 0.471. The number of hydrogen-bond acceptors (Lipinski definition) is 1. The molecule has 0 heterocycles. The minimum atomic E-state index is 0.700. The van der Waals surface area contributed by atoms with Gasteiger partial charge in [0.25, 0.3) is 0 Å². The summed E-state index contributed by atoms with van der Waals surface area (Å²) in [5.41, 5.74) is 0. The molecular formula is C17H22O. The number of aldehydes is 1. The van der Waals surface area contributed by atoms with Crippen molar-refractivity contribution in [2.45, 2.75) is 51.9 Å². The van der Waals surface area contributed by atoms with Crippen LogP contribution < -0.4 is 0 Å². The van der Waals surface area contributed by atoms with Crippen molar-refractivity contribution >= 4 is 6.29 Å². The molecule has 0 atom stereocenters. The van der Waals surface area contributed by atoms with Gasteiger partial charge >= 0.3 is 0 Å². The van der Waals surface area contributed by atoms with Gasteiger partial charge in [-0.15, -0.1) is 0 Å². The number of rotatable bonds is 8. The lowest BCUT2D eigenvalue weighted by Gasteiger charge is -1.95. The van der Waals surface area contributed by atoms with Crippen LogP contribution in [0.15, 0.2) is 24.3 Å². The molecule has 0 spiro atoms. The van der Waals surface area contributed by atoms with Gasteiger partial charge in [0, 0.05) is 6.42 Å². The lowest BCUT2D eigenvalue weighted by atomic mass is 10.1. The largest absolute Gasteiger partial charge is 0.299 e. The maximum Gasteiger partial charge on any atom is 0.143 e. The van der Waals surface area contributed by atoms with Crippen molar-refractivity contribution < 1.29 is 4.79 Å². The van der Waals surface area contributed by atoms with Crippen molar-refractivity contribution in [3.05, 3.63) is 24.3 Å². The molecule has 0 fully saturated rings. The number of unbranched alkanes of at least 4 members (excludes halogenated alkanes) is 5. The molecule has 0 rings (SSSR count). The number of hydrogen-bond donors (Lipinski definition) is 0. The molecule has 0 amide bonds. The Labute approximate surface area is 111 Å². The molecule has 0 saturated carbocycles. The predicted octanol–water partition coefficient (Wildman–Crippen LogP) is 4.06. The lowest BCUT2D eigenvalue weighted by molar-refractivity contribution is -0.104. The van der Waals surface area contributed by atoms with Crippen LogP contribution in [0.1, 0.15) is 51.9 Å². The van der Waals surface area contributed by atoms with Gasteiger partial charge in [0.15, 0.2) is 0 Å². The quantitative estimate of drug-likeness (QED) is 0.206. The van der Waals surface area contributed by atoms with E-state index in [9.17, 15) is 4.79 Å². The van der Waals surface area contributed by atoms with Gasteiger partial charge in [0.1, 0.15) is 6.29 Å².